The van der Waals surface area contributed by atoms with Crippen LogP contribution in [0.25, 0.3) is 11.5 Å². The van der Waals surface area contributed by atoms with Gasteiger partial charge in [0.05, 0.1) is 0 Å². The highest BCUT2D eigenvalue weighted by atomic mass is 32.2. The zero-order valence-electron chi connectivity index (χ0n) is 12.6. The van der Waals surface area contributed by atoms with Gasteiger partial charge in [-0.2, -0.15) is 4.37 Å². The summed E-state index contributed by atoms with van der Waals surface area (Å²) in [5.74, 6) is 2.20. The molecule has 0 aromatic carbocycles. The van der Waals surface area contributed by atoms with E-state index in [9.17, 15) is 0 Å². The maximum absolute atomic E-state index is 4.54. The highest BCUT2D eigenvalue weighted by Crippen LogP contribution is 2.29. The van der Waals surface area contributed by atoms with Crippen LogP contribution < -0.4 is 0 Å². The van der Waals surface area contributed by atoms with E-state index >= 15 is 0 Å². The van der Waals surface area contributed by atoms with Gasteiger partial charge in [0.25, 0.3) is 0 Å². The van der Waals surface area contributed by atoms with Gasteiger partial charge >= 0.3 is 0 Å². The molecule has 0 saturated carbocycles. The molecule has 6 nitrogen and oxygen atoms in total. The zero-order valence-corrected chi connectivity index (χ0v) is 14.2. The summed E-state index contributed by atoms with van der Waals surface area (Å²) in [5.41, 5.74) is 0.808. The van der Waals surface area contributed by atoms with Crippen LogP contribution in [0.1, 0.15) is 19.7 Å². The highest BCUT2D eigenvalue weighted by Gasteiger charge is 2.15. The summed E-state index contributed by atoms with van der Waals surface area (Å²) in [7, 11) is 1.93. The summed E-state index contributed by atoms with van der Waals surface area (Å²) in [6, 6.07) is 5.74. The first-order chi connectivity index (χ1) is 10.6. The Morgan fingerprint density at radius 1 is 1.27 bits per heavy atom. The van der Waals surface area contributed by atoms with E-state index in [1.54, 1.807) is 6.20 Å². The largest absolute Gasteiger partial charge is 0.304 e. The van der Waals surface area contributed by atoms with Crippen molar-refractivity contribution >= 4 is 23.3 Å². The molecule has 8 heteroatoms. The number of rotatable bonds is 5. The van der Waals surface area contributed by atoms with Crippen LogP contribution in [0.15, 0.2) is 33.9 Å². The molecule has 3 rings (SSSR count). The normalized spacial score (nSPS) is 11.3. The van der Waals surface area contributed by atoms with E-state index in [1.165, 1.54) is 23.3 Å². The number of nitrogens with zero attached hydrogens (tertiary/aromatic N) is 6. The van der Waals surface area contributed by atoms with E-state index in [2.05, 4.69) is 38.4 Å². The molecular formula is C14H16N6S2. The monoisotopic (exact) mass is 332 g/mol. The van der Waals surface area contributed by atoms with Crippen LogP contribution in [-0.4, -0.2) is 29.1 Å². The van der Waals surface area contributed by atoms with Crippen LogP contribution in [0.4, 0.5) is 0 Å². The van der Waals surface area contributed by atoms with Gasteiger partial charge in [-0.3, -0.25) is 4.98 Å². The molecular weight excluding hydrogens is 316 g/mol. The van der Waals surface area contributed by atoms with Gasteiger partial charge in [-0.25, -0.2) is 4.98 Å². The number of hydrogen-bond acceptors (Lipinski definition) is 7. The van der Waals surface area contributed by atoms with Gasteiger partial charge in [-0.05, 0) is 41.3 Å². The fourth-order valence-corrected chi connectivity index (χ4v) is 3.47. The van der Waals surface area contributed by atoms with Crippen molar-refractivity contribution in [3.63, 3.8) is 0 Å². The molecule has 0 amide bonds. The summed E-state index contributed by atoms with van der Waals surface area (Å²) in [4.78, 5) is 8.85. The third-order valence-electron chi connectivity index (χ3n) is 2.95. The maximum atomic E-state index is 4.54. The summed E-state index contributed by atoms with van der Waals surface area (Å²) in [6.45, 7) is 4.32. The lowest BCUT2D eigenvalue weighted by atomic mass is 10.1. The molecule has 0 saturated heterocycles. The Labute approximate surface area is 137 Å². The van der Waals surface area contributed by atoms with Crippen molar-refractivity contribution in [2.75, 3.05) is 0 Å². The predicted molar refractivity (Wildman–Crippen MR) is 86.8 cm³/mol. The van der Waals surface area contributed by atoms with Crippen molar-refractivity contribution in [3.05, 3.63) is 30.2 Å². The molecule has 0 fully saturated rings. The summed E-state index contributed by atoms with van der Waals surface area (Å²) >= 11 is 2.89. The summed E-state index contributed by atoms with van der Waals surface area (Å²) in [6.07, 6.45) is 2.65. The Balaban J connectivity index is 1.79. The molecule has 0 N–H and O–H groups in total. The van der Waals surface area contributed by atoms with Crippen molar-refractivity contribution in [3.8, 4) is 11.5 Å². The molecule has 0 atom stereocenters. The Morgan fingerprint density at radius 3 is 2.86 bits per heavy atom. The van der Waals surface area contributed by atoms with Crippen LogP contribution in [0.2, 0.25) is 0 Å². The second kappa shape index (κ2) is 6.53. The molecule has 0 spiro atoms. The molecule has 3 aromatic rings. The average Bonchev–Trinajstić information content (AvgIpc) is 3.08. The predicted octanol–water partition coefficient (Wildman–Crippen LogP) is 3.08. The van der Waals surface area contributed by atoms with Gasteiger partial charge < -0.3 is 4.57 Å². The maximum Gasteiger partial charge on any atom is 0.198 e. The van der Waals surface area contributed by atoms with Gasteiger partial charge in [0.2, 0.25) is 0 Å². The van der Waals surface area contributed by atoms with Crippen LogP contribution in [0.5, 0.6) is 0 Å². The van der Waals surface area contributed by atoms with Gasteiger partial charge in [0, 0.05) is 19.7 Å². The highest BCUT2D eigenvalue weighted by molar-refractivity contribution is 8.00. The van der Waals surface area contributed by atoms with E-state index in [1.807, 2.05) is 29.8 Å². The lowest BCUT2D eigenvalue weighted by molar-refractivity contribution is 0.625. The van der Waals surface area contributed by atoms with E-state index in [0.29, 0.717) is 5.92 Å². The van der Waals surface area contributed by atoms with Crippen LogP contribution in [0.3, 0.4) is 0 Å². The molecule has 114 valence electrons. The number of hydrogen-bond donors (Lipinski definition) is 0. The Bertz CT molecular complexity index is 750. The first-order valence-corrected chi connectivity index (χ1v) is 8.53. The minimum atomic E-state index is 0.554. The van der Waals surface area contributed by atoms with Crippen molar-refractivity contribution in [2.24, 2.45) is 13.0 Å². The summed E-state index contributed by atoms with van der Waals surface area (Å²) < 4.78 is 7.20. The van der Waals surface area contributed by atoms with Gasteiger partial charge in [0.1, 0.15) is 11.5 Å². The average molecular weight is 332 g/mol. The van der Waals surface area contributed by atoms with Crippen molar-refractivity contribution in [1.82, 2.24) is 29.1 Å². The van der Waals surface area contributed by atoms with E-state index in [-0.39, 0.29) is 0 Å². The fraction of sp³-hybridized carbons (Fsp3) is 0.357. The minimum Gasteiger partial charge on any atom is -0.304 e. The van der Waals surface area contributed by atoms with Crippen LogP contribution in [-0.2, 0) is 13.5 Å². The van der Waals surface area contributed by atoms with Crippen molar-refractivity contribution in [1.29, 1.82) is 0 Å². The first kappa shape index (κ1) is 15.1. The topological polar surface area (TPSA) is 69.4 Å². The van der Waals surface area contributed by atoms with Crippen molar-refractivity contribution < 1.29 is 0 Å². The first-order valence-electron chi connectivity index (χ1n) is 6.94. The molecule has 0 radical (unpaired) electrons. The second-order valence-electron chi connectivity index (χ2n) is 5.26. The Hall–Kier alpha value is -1.80. The van der Waals surface area contributed by atoms with Gasteiger partial charge in [-0.1, -0.05) is 19.9 Å². The third-order valence-corrected chi connectivity index (χ3v) is 4.77. The molecule has 3 aromatic heterocycles. The Kier molecular flexibility index (Phi) is 4.49. The molecule has 22 heavy (non-hydrogen) atoms. The molecule has 0 aliphatic rings. The van der Waals surface area contributed by atoms with E-state index < -0.39 is 0 Å². The SMILES string of the molecule is CC(C)Cc1nsc(Sc2nnc(-c3ccccn3)n2C)n1. The van der Waals surface area contributed by atoms with Crippen molar-refractivity contribution in [2.45, 2.75) is 29.8 Å². The molecule has 0 unspecified atom stereocenters. The van der Waals surface area contributed by atoms with Crippen LogP contribution in [0, 0.1) is 5.92 Å². The lowest BCUT2D eigenvalue weighted by Gasteiger charge is -2.01. The van der Waals surface area contributed by atoms with Crippen LogP contribution >= 0.6 is 23.3 Å². The molecule has 0 bridgehead atoms. The van der Waals surface area contributed by atoms with E-state index in [0.717, 1.165) is 33.3 Å². The third kappa shape index (κ3) is 3.33. The van der Waals surface area contributed by atoms with Gasteiger partial charge in [-0.15, -0.1) is 10.2 Å². The number of aromatic nitrogens is 6. The van der Waals surface area contributed by atoms with Gasteiger partial charge in [0.15, 0.2) is 15.3 Å². The summed E-state index contributed by atoms with van der Waals surface area (Å²) in [5, 5.41) is 9.24. The van der Waals surface area contributed by atoms with E-state index in [4.69, 9.17) is 0 Å². The molecule has 0 aliphatic heterocycles. The second-order valence-corrected chi connectivity index (χ2v) is 7.22. The minimum absolute atomic E-state index is 0.554. The fourth-order valence-electron chi connectivity index (χ4n) is 1.93. The smallest absolute Gasteiger partial charge is 0.198 e. The molecule has 3 heterocycles. The number of pyridine rings is 1. The lowest BCUT2D eigenvalue weighted by Crippen LogP contribution is -1.96. The quantitative estimate of drug-likeness (QED) is 0.715. The molecule has 0 aliphatic carbocycles. The Morgan fingerprint density at radius 2 is 2.14 bits per heavy atom. The zero-order chi connectivity index (χ0) is 15.5. The standard InChI is InChI=1S/C14H16N6S2/c1-9(2)8-11-16-14(22-19-11)21-13-18-17-12(20(13)3)10-6-4-5-7-15-10/h4-7,9H,8H2,1-3H3.